The molecule has 0 aliphatic heterocycles. The Morgan fingerprint density at radius 2 is 1.67 bits per heavy atom. The van der Waals surface area contributed by atoms with Crippen LogP contribution in [0.1, 0.15) is 30.1 Å². The molecule has 0 heterocycles. The van der Waals surface area contributed by atoms with Gasteiger partial charge in [0.05, 0.1) is 4.90 Å². The summed E-state index contributed by atoms with van der Waals surface area (Å²) in [5.41, 5.74) is 0.986. The van der Waals surface area contributed by atoms with E-state index in [9.17, 15) is 13.2 Å². The lowest BCUT2D eigenvalue weighted by atomic mass is 10.2. The SMILES string of the molecule is CCCCNS(=O)(=O)c1ccc(NC(=O)c2ccc(Cl)cc2)cc1. The van der Waals surface area contributed by atoms with Gasteiger partial charge in [-0.3, -0.25) is 4.79 Å². The zero-order valence-electron chi connectivity index (χ0n) is 13.3. The Hall–Kier alpha value is -1.89. The summed E-state index contributed by atoms with van der Waals surface area (Å²) in [5, 5.41) is 3.26. The number of carbonyl (C=O) groups is 1. The normalized spacial score (nSPS) is 11.2. The molecule has 0 unspecified atom stereocenters. The van der Waals surface area contributed by atoms with Crippen molar-refractivity contribution in [1.82, 2.24) is 4.72 Å². The van der Waals surface area contributed by atoms with Crippen LogP contribution in [0.5, 0.6) is 0 Å². The molecule has 0 saturated heterocycles. The highest BCUT2D eigenvalue weighted by Gasteiger charge is 2.13. The molecule has 0 aromatic heterocycles. The van der Waals surface area contributed by atoms with Gasteiger partial charge in [0, 0.05) is 22.8 Å². The van der Waals surface area contributed by atoms with Gasteiger partial charge < -0.3 is 5.32 Å². The van der Waals surface area contributed by atoms with Gasteiger partial charge in [0.1, 0.15) is 0 Å². The maximum Gasteiger partial charge on any atom is 0.255 e. The number of unbranched alkanes of at least 4 members (excludes halogenated alkanes) is 1. The maximum atomic E-state index is 12.1. The van der Waals surface area contributed by atoms with Crippen LogP contribution in [0.25, 0.3) is 0 Å². The first-order chi connectivity index (χ1) is 11.4. The zero-order chi connectivity index (χ0) is 17.6. The highest BCUT2D eigenvalue weighted by atomic mass is 35.5. The third-order valence-corrected chi connectivity index (χ3v) is 5.08. The maximum absolute atomic E-state index is 12.1. The monoisotopic (exact) mass is 366 g/mol. The number of hydrogen-bond donors (Lipinski definition) is 2. The fraction of sp³-hybridized carbons (Fsp3) is 0.235. The summed E-state index contributed by atoms with van der Waals surface area (Å²) in [6, 6.07) is 12.5. The molecular formula is C17H19ClN2O3S. The van der Waals surface area contributed by atoms with Gasteiger partial charge in [0.2, 0.25) is 10.0 Å². The van der Waals surface area contributed by atoms with Crippen molar-refractivity contribution < 1.29 is 13.2 Å². The Bertz CT molecular complexity index is 788. The van der Waals surface area contributed by atoms with Crippen LogP contribution in [-0.4, -0.2) is 20.9 Å². The minimum Gasteiger partial charge on any atom is -0.322 e. The second-order valence-corrected chi connectivity index (χ2v) is 7.44. The third-order valence-electron chi connectivity index (χ3n) is 3.35. The van der Waals surface area contributed by atoms with Crippen LogP contribution in [0.4, 0.5) is 5.69 Å². The van der Waals surface area contributed by atoms with Crippen molar-refractivity contribution in [2.45, 2.75) is 24.7 Å². The average Bonchev–Trinajstić information content (AvgIpc) is 2.56. The number of anilines is 1. The molecule has 0 fully saturated rings. The molecule has 2 rings (SSSR count). The Kier molecular flexibility index (Phi) is 6.36. The molecule has 128 valence electrons. The second kappa shape index (κ2) is 8.28. The van der Waals surface area contributed by atoms with Crippen LogP contribution in [0.15, 0.2) is 53.4 Å². The van der Waals surface area contributed by atoms with E-state index in [-0.39, 0.29) is 10.8 Å². The topological polar surface area (TPSA) is 75.3 Å². The van der Waals surface area contributed by atoms with Gasteiger partial charge in [-0.15, -0.1) is 0 Å². The molecule has 24 heavy (non-hydrogen) atoms. The Balaban J connectivity index is 2.04. The molecule has 0 bridgehead atoms. The molecule has 0 aliphatic carbocycles. The van der Waals surface area contributed by atoms with Crippen molar-refractivity contribution in [3.05, 3.63) is 59.1 Å². The Labute approximate surface area is 147 Å². The van der Waals surface area contributed by atoms with Crippen molar-refractivity contribution in [2.75, 3.05) is 11.9 Å². The summed E-state index contributed by atoms with van der Waals surface area (Å²) >= 11 is 5.79. The molecule has 2 N–H and O–H groups in total. The minimum atomic E-state index is -3.51. The minimum absolute atomic E-state index is 0.170. The van der Waals surface area contributed by atoms with E-state index in [0.29, 0.717) is 22.8 Å². The van der Waals surface area contributed by atoms with E-state index in [4.69, 9.17) is 11.6 Å². The predicted molar refractivity (Wildman–Crippen MR) is 95.9 cm³/mol. The van der Waals surface area contributed by atoms with Crippen molar-refractivity contribution in [3.63, 3.8) is 0 Å². The summed E-state index contributed by atoms with van der Waals surface area (Å²) in [4.78, 5) is 12.3. The number of sulfonamides is 1. The number of nitrogens with one attached hydrogen (secondary N) is 2. The van der Waals surface area contributed by atoms with E-state index < -0.39 is 10.0 Å². The van der Waals surface area contributed by atoms with Crippen LogP contribution >= 0.6 is 11.6 Å². The second-order valence-electron chi connectivity index (χ2n) is 5.24. The van der Waals surface area contributed by atoms with Crippen LogP contribution in [-0.2, 0) is 10.0 Å². The number of benzene rings is 2. The molecule has 0 radical (unpaired) electrons. The number of rotatable bonds is 7. The van der Waals surface area contributed by atoms with Gasteiger partial charge in [-0.1, -0.05) is 24.9 Å². The molecule has 5 nitrogen and oxygen atoms in total. The number of carbonyl (C=O) groups excluding carboxylic acids is 1. The van der Waals surface area contributed by atoms with Gasteiger partial charge in [-0.05, 0) is 55.0 Å². The molecular weight excluding hydrogens is 348 g/mol. The molecule has 0 atom stereocenters. The van der Waals surface area contributed by atoms with E-state index in [2.05, 4.69) is 10.0 Å². The predicted octanol–water partition coefficient (Wildman–Crippen LogP) is 3.67. The summed E-state index contributed by atoms with van der Waals surface area (Å²) in [6.45, 7) is 2.40. The lowest BCUT2D eigenvalue weighted by Crippen LogP contribution is -2.24. The van der Waals surface area contributed by atoms with E-state index in [0.717, 1.165) is 12.8 Å². The molecule has 0 spiro atoms. The zero-order valence-corrected chi connectivity index (χ0v) is 14.8. The fourth-order valence-corrected chi connectivity index (χ4v) is 3.19. The highest BCUT2D eigenvalue weighted by Crippen LogP contribution is 2.16. The Morgan fingerprint density at radius 3 is 2.25 bits per heavy atom. The van der Waals surface area contributed by atoms with Crippen LogP contribution in [0, 0.1) is 0 Å². The lowest BCUT2D eigenvalue weighted by molar-refractivity contribution is 0.102. The van der Waals surface area contributed by atoms with Gasteiger partial charge in [0.15, 0.2) is 0 Å². The third kappa shape index (κ3) is 5.06. The first kappa shape index (κ1) is 18.4. The molecule has 1 amide bonds. The lowest BCUT2D eigenvalue weighted by Gasteiger charge is -2.08. The summed E-state index contributed by atoms with van der Waals surface area (Å²) < 4.78 is 26.7. The van der Waals surface area contributed by atoms with Gasteiger partial charge >= 0.3 is 0 Å². The number of halogens is 1. The first-order valence-electron chi connectivity index (χ1n) is 7.59. The summed E-state index contributed by atoms with van der Waals surface area (Å²) in [7, 11) is -3.51. The van der Waals surface area contributed by atoms with Crippen LogP contribution in [0.3, 0.4) is 0 Å². The number of amides is 1. The summed E-state index contributed by atoms with van der Waals surface area (Å²) in [5.74, 6) is -0.289. The quantitative estimate of drug-likeness (QED) is 0.734. The first-order valence-corrected chi connectivity index (χ1v) is 9.45. The molecule has 2 aromatic rings. The average molecular weight is 367 g/mol. The standard InChI is InChI=1S/C17H19ClN2O3S/c1-2-3-12-19-24(22,23)16-10-8-15(9-11-16)20-17(21)13-4-6-14(18)7-5-13/h4-11,19H,2-3,12H2,1H3,(H,20,21). The molecule has 0 saturated carbocycles. The number of hydrogen-bond acceptors (Lipinski definition) is 3. The smallest absolute Gasteiger partial charge is 0.255 e. The van der Waals surface area contributed by atoms with E-state index >= 15 is 0 Å². The Morgan fingerprint density at radius 1 is 1.04 bits per heavy atom. The molecule has 0 aliphatic rings. The van der Waals surface area contributed by atoms with Gasteiger partial charge in [0.25, 0.3) is 5.91 Å². The van der Waals surface area contributed by atoms with Crippen molar-refractivity contribution in [1.29, 1.82) is 0 Å². The molecule has 2 aromatic carbocycles. The van der Waals surface area contributed by atoms with Crippen molar-refractivity contribution in [2.24, 2.45) is 0 Å². The van der Waals surface area contributed by atoms with Crippen molar-refractivity contribution in [3.8, 4) is 0 Å². The largest absolute Gasteiger partial charge is 0.322 e. The van der Waals surface area contributed by atoms with Crippen LogP contribution < -0.4 is 10.0 Å². The highest BCUT2D eigenvalue weighted by molar-refractivity contribution is 7.89. The van der Waals surface area contributed by atoms with E-state index in [1.807, 2.05) is 6.92 Å². The summed E-state index contributed by atoms with van der Waals surface area (Å²) in [6.07, 6.45) is 1.70. The molecule has 7 heteroatoms. The van der Waals surface area contributed by atoms with E-state index in [1.54, 1.807) is 36.4 Å². The van der Waals surface area contributed by atoms with Crippen LogP contribution in [0.2, 0.25) is 5.02 Å². The van der Waals surface area contributed by atoms with Gasteiger partial charge in [-0.25, -0.2) is 13.1 Å². The van der Waals surface area contributed by atoms with Crippen molar-refractivity contribution >= 4 is 33.2 Å². The van der Waals surface area contributed by atoms with Gasteiger partial charge in [-0.2, -0.15) is 0 Å². The van der Waals surface area contributed by atoms with E-state index in [1.165, 1.54) is 12.1 Å². The fourth-order valence-electron chi connectivity index (χ4n) is 1.99.